The molecule has 0 spiro atoms. The Morgan fingerprint density at radius 3 is 2.10 bits per heavy atom. The van der Waals surface area contributed by atoms with Crippen molar-refractivity contribution in [2.75, 3.05) is 5.32 Å². The minimum atomic E-state index is 0.483. The predicted molar refractivity (Wildman–Crippen MR) is 83.4 cm³/mol. The molecule has 1 atom stereocenters. The molecule has 0 aromatic carbocycles. The molecule has 4 fully saturated rings. The molecule has 3 nitrogen and oxygen atoms in total. The van der Waals surface area contributed by atoms with Crippen molar-refractivity contribution in [1.82, 2.24) is 9.97 Å². The first-order valence-electron chi connectivity index (χ1n) is 7.87. The van der Waals surface area contributed by atoms with E-state index < -0.39 is 0 Å². The first kappa shape index (κ1) is 13.1. The van der Waals surface area contributed by atoms with E-state index in [0.717, 1.165) is 28.2 Å². The van der Waals surface area contributed by atoms with Gasteiger partial charge in [0.05, 0.1) is 4.47 Å². The third-order valence-corrected chi connectivity index (χ3v) is 6.38. The summed E-state index contributed by atoms with van der Waals surface area (Å²) in [5.41, 5.74) is 0.505. The van der Waals surface area contributed by atoms with Gasteiger partial charge in [0, 0.05) is 18.4 Å². The van der Waals surface area contributed by atoms with Gasteiger partial charge in [-0.2, -0.15) is 0 Å². The molecule has 0 radical (unpaired) electrons. The molecular weight excluding hydrogens is 314 g/mol. The SMILES string of the molecule is CC(Nc1ncc(Br)cn1)C12CC3CC(CC(C3)C1)C2. The fourth-order valence-corrected chi connectivity index (χ4v) is 5.65. The van der Waals surface area contributed by atoms with Crippen LogP contribution in [0.25, 0.3) is 0 Å². The Morgan fingerprint density at radius 2 is 1.60 bits per heavy atom. The number of hydrogen-bond acceptors (Lipinski definition) is 3. The smallest absolute Gasteiger partial charge is 0.222 e. The molecule has 5 rings (SSSR count). The van der Waals surface area contributed by atoms with Crippen molar-refractivity contribution in [3.63, 3.8) is 0 Å². The Kier molecular flexibility index (Phi) is 3.06. The number of halogens is 1. The molecule has 4 aliphatic carbocycles. The Hall–Kier alpha value is -0.640. The summed E-state index contributed by atoms with van der Waals surface area (Å²) in [4.78, 5) is 8.75. The normalized spacial score (nSPS) is 39.8. The zero-order valence-corrected chi connectivity index (χ0v) is 13.6. The molecule has 20 heavy (non-hydrogen) atoms. The molecule has 4 bridgehead atoms. The van der Waals surface area contributed by atoms with Gasteiger partial charge in [-0.3, -0.25) is 0 Å². The van der Waals surface area contributed by atoms with Crippen LogP contribution in [0.4, 0.5) is 5.95 Å². The fraction of sp³-hybridized carbons (Fsp3) is 0.750. The Labute approximate surface area is 129 Å². The number of rotatable bonds is 3. The van der Waals surface area contributed by atoms with Gasteiger partial charge in [-0.15, -0.1) is 0 Å². The van der Waals surface area contributed by atoms with Gasteiger partial charge in [-0.1, -0.05) is 0 Å². The number of anilines is 1. The predicted octanol–water partition coefficient (Wildman–Crippen LogP) is 4.26. The van der Waals surface area contributed by atoms with E-state index in [-0.39, 0.29) is 0 Å². The molecule has 1 unspecified atom stereocenters. The largest absolute Gasteiger partial charge is 0.351 e. The quantitative estimate of drug-likeness (QED) is 0.896. The topological polar surface area (TPSA) is 37.8 Å². The maximum Gasteiger partial charge on any atom is 0.222 e. The van der Waals surface area contributed by atoms with Gasteiger partial charge in [0.1, 0.15) is 0 Å². The van der Waals surface area contributed by atoms with Gasteiger partial charge in [0.2, 0.25) is 5.95 Å². The lowest BCUT2D eigenvalue weighted by Gasteiger charge is -2.59. The number of aromatic nitrogens is 2. The second-order valence-electron chi connectivity index (χ2n) is 7.37. The van der Waals surface area contributed by atoms with Crippen LogP contribution in [0.1, 0.15) is 45.4 Å². The van der Waals surface area contributed by atoms with E-state index in [1.165, 1.54) is 38.5 Å². The van der Waals surface area contributed by atoms with Crippen LogP contribution in [0.3, 0.4) is 0 Å². The summed E-state index contributed by atoms with van der Waals surface area (Å²) in [5, 5.41) is 3.58. The molecule has 1 aromatic rings. The van der Waals surface area contributed by atoms with Gasteiger partial charge < -0.3 is 5.32 Å². The Balaban J connectivity index is 1.53. The van der Waals surface area contributed by atoms with Crippen LogP contribution in [-0.2, 0) is 0 Å². The van der Waals surface area contributed by atoms with E-state index in [0.29, 0.717) is 11.5 Å². The average molecular weight is 336 g/mol. The van der Waals surface area contributed by atoms with Crippen LogP contribution < -0.4 is 5.32 Å². The molecule has 4 saturated carbocycles. The third-order valence-electron chi connectivity index (χ3n) is 5.97. The van der Waals surface area contributed by atoms with Crippen LogP contribution in [0.2, 0.25) is 0 Å². The van der Waals surface area contributed by atoms with E-state index in [4.69, 9.17) is 0 Å². The molecule has 108 valence electrons. The monoisotopic (exact) mass is 335 g/mol. The lowest BCUT2D eigenvalue weighted by molar-refractivity contribution is -0.0603. The molecule has 1 heterocycles. The van der Waals surface area contributed by atoms with Crippen molar-refractivity contribution >= 4 is 21.9 Å². The number of nitrogens with one attached hydrogen (secondary N) is 1. The first-order valence-corrected chi connectivity index (χ1v) is 8.66. The fourth-order valence-electron chi connectivity index (χ4n) is 5.44. The Bertz CT molecular complexity index is 464. The van der Waals surface area contributed by atoms with Crippen molar-refractivity contribution in [3.8, 4) is 0 Å². The van der Waals surface area contributed by atoms with Crippen molar-refractivity contribution in [1.29, 1.82) is 0 Å². The highest BCUT2D eigenvalue weighted by atomic mass is 79.9. The number of hydrogen-bond donors (Lipinski definition) is 1. The minimum absolute atomic E-state index is 0.483. The van der Waals surface area contributed by atoms with Gasteiger partial charge >= 0.3 is 0 Å². The molecular formula is C16H22BrN3. The van der Waals surface area contributed by atoms with E-state index in [1.807, 2.05) is 12.4 Å². The summed E-state index contributed by atoms with van der Waals surface area (Å²) < 4.78 is 0.936. The van der Waals surface area contributed by atoms with E-state index >= 15 is 0 Å². The molecule has 1 N–H and O–H groups in total. The summed E-state index contributed by atoms with van der Waals surface area (Å²) in [6.07, 6.45) is 12.4. The second kappa shape index (κ2) is 4.69. The summed E-state index contributed by atoms with van der Waals surface area (Å²) in [5.74, 6) is 3.76. The minimum Gasteiger partial charge on any atom is -0.351 e. The molecule has 1 aromatic heterocycles. The highest BCUT2D eigenvalue weighted by Crippen LogP contribution is 2.61. The third kappa shape index (κ3) is 2.16. The van der Waals surface area contributed by atoms with Crippen LogP contribution in [0.5, 0.6) is 0 Å². The van der Waals surface area contributed by atoms with Gasteiger partial charge in [0.25, 0.3) is 0 Å². The first-order chi connectivity index (χ1) is 9.63. The summed E-state index contributed by atoms with van der Waals surface area (Å²) in [6.45, 7) is 2.35. The van der Waals surface area contributed by atoms with Gasteiger partial charge in [0.15, 0.2) is 0 Å². The van der Waals surface area contributed by atoms with Crippen LogP contribution in [-0.4, -0.2) is 16.0 Å². The van der Waals surface area contributed by atoms with Crippen molar-refractivity contribution in [3.05, 3.63) is 16.9 Å². The maximum atomic E-state index is 4.38. The maximum absolute atomic E-state index is 4.38. The highest BCUT2D eigenvalue weighted by molar-refractivity contribution is 9.10. The molecule has 4 heteroatoms. The van der Waals surface area contributed by atoms with Crippen molar-refractivity contribution in [2.45, 2.75) is 51.5 Å². The van der Waals surface area contributed by atoms with E-state index in [9.17, 15) is 0 Å². The molecule has 0 saturated heterocycles. The summed E-state index contributed by atoms with van der Waals surface area (Å²) in [7, 11) is 0. The average Bonchev–Trinajstić information content (AvgIpc) is 2.40. The standard InChI is InChI=1S/C16H22BrN3/c1-10(20-15-18-8-14(17)9-19-15)16-5-11-2-12(6-16)4-13(3-11)7-16/h8-13H,2-7H2,1H3,(H,18,19,20). The molecule has 0 amide bonds. The van der Waals surface area contributed by atoms with Crippen LogP contribution >= 0.6 is 15.9 Å². The zero-order chi connectivity index (χ0) is 13.7. The molecule has 4 aliphatic rings. The van der Waals surface area contributed by atoms with E-state index in [1.54, 1.807) is 0 Å². The van der Waals surface area contributed by atoms with Crippen molar-refractivity contribution < 1.29 is 0 Å². The lowest BCUT2D eigenvalue weighted by Crippen LogP contribution is -2.53. The van der Waals surface area contributed by atoms with Crippen LogP contribution in [0, 0.1) is 23.2 Å². The lowest BCUT2D eigenvalue weighted by atomic mass is 9.48. The van der Waals surface area contributed by atoms with Gasteiger partial charge in [-0.25, -0.2) is 9.97 Å². The zero-order valence-electron chi connectivity index (χ0n) is 12.0. The van der Waals surface area contributed by atoms with E-state index in [2.05, 4.69) is 38.1 Å². The van der Waals surface area contributed by atoms with Crippen molar-refractivity contribution in [2.24, 2.45) is 23.2 Å². The highest BCUT2D eigenvalue weighted by Gasteiger charge is 2.53. The summed E-state index contributed by atoms with van der Waals surface area (Å²) in [6, 6.07) is 0.483. The summed E-state index contributed by atoms with van der Waals surface area (Å²) >= 11 is 3.39. The Morgan fingerprint density at radius 1 is 1.10 bits per heavy atom. The molecule has 0 aliphatic heterocycles. The van der Waals surface area contributed by atoms with Crippen LogP contribution in [0.15, 0.2) is 16.9 Å². The number of nitrogens with zero attached hydrogens (tertiary/aromatic N) is 2. The van der Waals surface area contributed by atoms with Gasteiger partial charge in [-0.05, 0) is 84.5 Å². The second-order valence-corrected chi connectivity index (χ2v) is 8.29.